The molecule has 0 saturated heterocycles. The molecule has 0 bridgehead atoms. The lowest BCUT2D eigenvalue weighted by Gasteiger charge is -2.28. The summed E-state index contributed by atoms with van der Waals surface area (Å²) in [5.41, 5.74) is 5.47. The molecule has 32 heavy (non-hydrogen) atoms. The van der Waals surface area contributed by atoms with Gasteiger partial charge in [0.15, 0.2) is 11.5 Å². The van der Waals surface area contributed by atoms with Crippen molar-refractivity contribution >= 4 is 5.91 Å². The molecule has 1 N–H and O–H groups in total. The maximum absolute atomic E-state index is 13.4. The number of amides is 1. The van der Waals surface area contributed by atoms with Crippen molar-refractivity contribution in [2.75, 3.05) is 19.8 Å². The van der Waals surface area contributed by atoms with E-state index in [1.165, 1.54) is 5.56 Å². The van der Waals surface area contributed by atoms with Gasteiger partial charge < -0.3 is 14.4 Å². The number of aromatic nitrogens is 2. The molecule has 1 aliphatic heterocycles. The van der Waals surface area contributed by atoms with Crippen LogP contribution in [0, 0.1) is 12.8 Å². The predicted octanol–water partition coefficient (Wildman–Crippen LogP) is 5.38. The molecule has 0 fully saturated rings. The number of ether oxygens (including phenoxy) is 2. The number of carbonyl (C=O) groups is 1. The van der Waals surface area contributed by atoms with E-state index in [4.69, 9.17) is 9.47 Å². The molecule has 1 aromatic heterocycles. The Bertz CT molecular complexity index is 1100. The fourth-order valence-corrected chi connectivity index (χ4v) is 4.29. The first-order valence-electron chi connectivity index (χ1n) is 11.3. The molecule has 0 radical (unpaired) electrons. The standard InChI is InChI=1S/C26H31N3O3/c1-6-31-20-13-12-19(14-21(20)32-7-2)25-22-23(18-10-8-17(5)9-11-18)27-28-24(22)26(30)29(25)15-16(3)4/h8-14,16,25H,6-7,15H2,1-5H3,(H,27,28). The SMILES string of the molecule is CCOc1ccc(C2c3c(-c4ccc(C)cc4)n[nH]c3C(=O)N2CC(C)C)cc1OCC. The van der Waals surface area contributed by atoms with Crippen LogP contribution in [0.4, 0.5) is 0 Å². The molecule has 0 aliphatic carbocycles. The number of fused-ring (bicyclic) bond motifs is 1. The second-order valence-electron chi connectivity index (χ2n) is 8.55. The van der Waals surface area contributed by atoms with Gasteiger partial charge in [-0.15, -0.1) is 0 Å². The van der Waals surface area contributed by atoms with E-state index in [-0.39, 0.29) is 11.9 Å². The highest BCUT2D eigenvalue weighted by atomic mass is 16.5. The maximum atomic E-state index is 13.4. The minimum absolute atomic E-state index is 0.0172. The highest BCUT2D eigenvalue weighted by Gasteiger charge is 2.42. The Labute approximate surface area is 189 Å². The second-order valence-corrected chi connectivity index (χ2v) is 8.55. The van der Waals surface area contributed by atoms with E-state index in [0.29, 0.717) is 42.9 Å². The van der Waals surface area contributed by atoms with Crippen LogP contribution >= 0.6 is 0 Å². The minimum Gasteiger partial charge on any atom is -0.490 e. The second kappa shape index (κ2) is 9.07. The van der Waals surface area contributed by atoms with Crippen molar-refractivity contribution in [3.05, 3.63) is 64.8 Å². The molecule has 1 aliphatic rings. The summed E-state index contributed by atoms with van der Waals surface area (Å²) in [7, 11) is 0. The predicted molar refractivity (Wildman–Crippen MR) is 125 cm³/mol. The monoisotopic (exact) mass is 433 g/mol. The highest BCUT2D eigenvalue weighted by Crippen LogP contribution is 2.44. The Balaban J connectivity index is 1.86. The largest absolute Gasteiger partial charge is 0.490 e. The number of aryl methyl sites for hydroxylation is 1. The zero-order valence-corrected chi connectivity index (χ0v) is 19.4. The van der Waals surface area contributed by atoms with E-state index in [1.54, 1.807) is 0 Å². The molecular formula is C26H31N3O3. The van der Waals surface area contributed by atoms with E-state index < -0.39 is 0 Å². The van der Waals surface area contributed by atoms with Crippen LogP contribution in [0.1, 0.15) is 60.9 Å². The fraction of sp³-hybridized carbons (Fsp3) is 0.385. The van der Waals surface area contributed by atoms with E-state index in [9.17, 15) is 4.79 Å². The minimum atomic E-state index is -0.246. The van der Waals surface area contributed by atoms with Crippen molar-refractivity contribution < 1.29 is 14.3 Å². The van der Waals surface area contributed by atoms with Crippen LogP contribution in [0.15, 0.2) is 42.5 Å². The van der Waals surface area contributed by atoms with Gasteiger partial charge in [-0.05, 0) is 44.4 Å². The smallest absolute Gasteiger partial charge is 0.273 e. The quantitative estimate of drug-likeness (QED) is 0.518. The molecular weight excluding hydrogens is 402 g/mol. The van der Waals surface area contributed by atoms with E-state index in [1.807, 2.05) is 36.9 Å². The van der Waals surface area contributed by atoms with Gasteiger partial charge >= 0.3 is 0 Å². The van der Waals surface area contributed by atoms with Gasteiger partial charge in [-0.2, -0.15) is 5.10 Å². The van der Waals surface area contributed by atoms with Gasteiger partial charge in [-0.25, -0.2) is 0 Å². The summed E-state index contributed by atoms with van der Waals surface area (Å²) in [5, 5.41) is 7.58. The number of aromatic amines is 1. The van der Waals surface area contributed by atoms with Crippen molar-refractivity contribution in [1.82, 2.24) is 15.1 Å². The molecule has 1 amide bonds. The zero-order valence-electron chi connectivity index (χ0n) is 19.4. The number of rotatable bonds is 8. The maximum Gasteiger partial charge on any atom is 0.273 e. The number of hydrogen-bond donors (Lipinski definition) is 1. The van der Waals surface area contributed by atoms with Crippen LogP contribution in [-0.4, -0.2) is 40.8 Å². The number of nitrogens with one attached hydrogen (secondary N) is 1. The lowest BCUT2D eigenvalue weighted by molar-refractivity contribution is 0.0722. The third kappa shape index (κ3) is 3.97. The van der Waals surface area contributed by atoms with Gasteiger partial charge in [0.05, 0.1) is 24.9 Å². The first-order valence-corrected chi connectivity index (χ1v) is 11.3. The Morgan fingerprint density at radius 2 is 1.72 bits per heavy atom. The van der Waals surface area contributed by atoms with Crippen molar-refractivity contribution in [2.24, 2.45) is 5.92 Å². The van der Waals surface area contributed by atoms with Crippen LogP contribution in [0.3, 0.4) is 0 Å². The summed E-state index contributed by atoms with van der Waals surface area (Å²) < 4.78 is 11.6. The topological polar surface area (TPSA) is 67.5 Å². The summed E-state index contributed by atoms with van der Waals surface area (Å²) in [4.78, 5) is 15.3. The number of nitrogens with zero attached hydrogens (tertiary/aromatic N) is 2. The first-order chi connectivity index (χ1) is 15.4. The normalized spacial score (nSPS) is 15.4. The third-order valence-electron chi connectivity index (χ3n) is 5.63. The molecule has 168 valence electrons. The lowest BCUT2D eigenvalue weighted by Crippen LogP contribution is -2.32. The van der Waals surface area contributed by atoms with Gasteiger partial charge in [0.2, 0.25) is 0 Å². The molecule has 0 saturated carbocycles. The number of carbonyl (C=O) groups excluding carboxylic acids is 1. The van der Waals surface area contributed by atoms with Crippen molar-refractivity contribution in [3.63, 3.8) is 0 Å². The van der Waals surface area contributed by atoms with Gasteiger partial charge in [0.25, 0.3) is 5.91 Å². The van der Waals surface area contributed by atoms with Crippen molar-refractivity contribution in [3.8, 4) is 22.8 Å². The molecule has 6 heteroatoms. The van der Waals surface area contributed by atoms with E-state index in [0.717, 1.165) is 22.4 Å². The van der Waals surface area contributed by atoms with Crippen LogP contribution < -0.4 is 9.47 Å². The average molecular weight is 434 g/mol. The summed E-state index contributed by atoms with van der Waals surface area (Å²) >= 11 is 0. The highest BCUT2D eigenvalue weighted by molar-refractivity contribution is 6.00. The Morgan fingerprint density at radius 1 is 1.03 bits per heavy atom. The molecule has 1 atom stereocenters. The summed E-state index contributed by atoms with van der Waals surface area (Å²) in [5.74, 6) is 1.72. The summed E-state index contributed by atoms with van der Waals surface area (Å²) in [6, 6.07) is 14.0. The van der Waals surface area contributed by atoms with Crippen molar-refractivity contribution in [1.29, 1.82) is 0 Å². The molecule has 1 unspecified atom stereocenters. The number of benzene rings is 2. The van der Waals surface area contributed by atoms with Gasteiger partial charge in [-0.1, -0.05) is 49.7 Å². The Morgan fingerprint density at radius 3 is 2.38 bits per heavy atom. The van der Waals surface area contributed by atoms with Gasteiger partial charge in [0, 0.05) is 17.7 Å². The molecule has 2 heterocycles. The molecule has 0 spiro atoms. The fourth-order valence-electron chi connectivity index (χ4n) is 4.29. The van der Waals surface area contributed by atoms with E-state index in [2.05, 4.69) is 55.2 Å². The summed E-state index contributed by atoms with van der Waals surface area (Å²) in [6.45, 7) is 12.0. The lowest BCUT2D eigenvalue weighted by atomic mass is 9.95. The molecule has 6 nitrogen and oxygen atoms in total. The zero-order chi connectivity index (χ0) is 22.8. The molecule has 2 aromatic carbocycles. The number of H-pyrrole nitrogens is 1. The van der Waals surface area contributed by atoms with Gasteiger partial charge in [0.1, 0.15) is 5.69 Å². The molecule has 4 rings (SSSR count). The van der Waals surface area contributed by atoms with Gasteiger partial charge in [-0.3, -0.25) is 9.89 Å². The van der Waals surface area contributed by atoms with Crippen LogP contribution in [0.2, 0.25) is 0 Å². The Kier molecular flexibility index (Phi) is 6.21. The Hall–Kier alpha value is -3.28. The van der Waals surface area contributed by atoms with E-state index >= 15 is 0 Å². The summed E-state index contributed by atoms with van der Waals surface area (Å²) in [6.07, 6.45) is 0. The average Bonchev–Trinajstić information content (AvgIpc) is 3.30. The molecule has 3 aromatic rings. The third-order valence-corrected chi connectivity index (χ3v) is 5.63. The number of hydrogen-bond acceptors (Lipinski definition) is 4. The van der Waals surface area contributed by atoms with Crippen LogP contribution in [0.5, 0.6) is 11.5 Å². The van der Waals surface area contributed by atoms with Crippen molar-refractivity contribution in [2.45, 2.75) is 40.7 Å². The van der Waals surface area contributed by atoms with Crippen LogP contribution in [-0.2, 0) is 0 Å². The van der Waals surface area contributed by atoms with Crippen LogP contribution in [0.25, 0.3) is 11.3 Å². The first kappa shape index (κ1) is 21.9.